The van der Waals surface area contributed by atoms with Gasteiger partial charge in [-0.2, -0.15) is 0 Å². The summed E-state index contributed by atoms with van der Waals surface area (Å²) in [7, 11) is 3.27. The third-order valence-electron chi connectivity index (χ3n) is 6.38. The maximum absolute atomic E-state index is 13.4. The van der Waals surface area contributed by atoms with Gasteiger partial charge in [-0.1, -0.05) is 25.5 Å². The molecular weight excluding hydrogens is 382 g/mol. The number of carbonyl (C=O) groups excluding carboxylic acids is 3. The third-order valence-corrected chi connectivity index (χ3v) is 6.38. The van der Waals surface area contributed by atoms with Crippen molar-refractivity contribution in [3.05, 3.63) is 29.8 Å². The number of unbranched alkanes of at least 4 members (excludes halogenated alkanes) is 1. The summed E-state index contributed by atoms with van der Waals surface area (Å²) in [5.41, 5.74) is 0.969. The van der Waals surface area contributed by atoms with E-state index in [1.165, 1.54) is 0 Å². The van der Waals surface area contributed by atoms with Crippen molar-refractivity contribution in [3.8, 4) is 5.75 Å². The van der Waals surface area contributed by atoms with Crippen LogP contribution in [-0.2, 0) is 14.4 Å². The van der Waals surface area contributed by atoms with Crippen LogP contribution in [0.15, 0.2) is 24.3 Å². The number of hydrogen-bond donors (Lipinski definition) is 1. The summed E-state index contributed by atoms with van der Waals surface area (Å²) >= 11 is 0. The normalized spacial score (nSPS) is 22.3. The summed E-state index contributed by atoms with van der Waals surface area (Å²) in [6.07, 6.45) is 3.48. The quantitative estimate of drug-likeness (QED) is 0.742. The number of amides is 3. The topological polar surface area (TPSA) is 79.0 Å². The molecule has 2 saturated heterocycles. The third kappa shape index (κ3) is 4.60. The highest BCUT2D eigenvalue weighted by atomic mass is 16.5. The van der Waals surface area contributed by atoms with E-state index in [4.69, 9.17) is 4.74 Å². The molecule has 0 radical (unpaired) electrons. The molecule has 30 heavy (non-hydrogen) atoms. The molecule has 2 fully saturated rings. The lowest BCUT2D eigenvalue weighted by Gasteiger charge is -2.35. The largest absolute Gasteiger partial charge is 0.497 e. The number of rotatable bonds is 7. The van der Waals surface area contributed by atoms with E-state index in [-0.39, 0.29) is 42.0 Å². The van der Waals surface area contributed by atoms with Crippen molar-refractivity contribution in [1.82, 2.24) is 15.1 Å². The van der Waals surface area contributed by atoms with Gasteiger partial charge in [0.2, 0.25) is 17.7 Å². The Bertz CT molecular complexity index is 756. The van der Waals surface area contributed by atoms with Gasteiger partial charge in [-0.05, 0) is 37.0 Å². The molecule has 0 saturated carbocycles. The van der Waals surface area contributed by atoms with Crippen LogP contribution in [0.2, 0.25) is 0 Å². The van der Waals surface area contributed by atoms with Gasteiger partial charge in [0.05, 0.1) is 19.1 Å². The van der Waals surface area contributed by atoms with E-state index in [2.05, 4.69) is 12.2 Å². The van der Waals surface area contributed by atoms with Gasteiger partial charge in [0.15, 0.2) is 0 Å². The highest BCUT2D eigenvalue weighted by Crippen LogP contribution is 2.40. The Kier molecular flexibility index (Phi) is 7.34. The zero-order valence-electron chi connectivity index (χ0n) is 18.2. The molecule has 0 spiro atoms. The van der Waals surface area contributed by atoms with Crippen molar-refractivity contribution in [2.75, 3.05) is 33.8 Å². The fourth-order valence-electron chi connectivity index (χ4n) is 4.62. The smallest absolute Gasteiger partial charge is 0.228 e. The van der Waals surface area contributed by atoms with Gasteiger partial charge in [0.25, 0.3) is 0 Å². The lowest BCUT2D eigenvalue weighted by atomic mass is 9.90. The molecule has 0 bridgehead atoms. The van der Waals surface area contributed by atoms with Crippen LogP contribution in [0.1, 0.15) is 50.6 Å². The summed E-state index contributed by atoms with van der Waals surface area (Å²) < 4.78 is 5.26. The van der Waals surface area contributed by atoms with E-state index < -0.39 is 0 Å². The first kappa shape index (κ1) is 22.1. The number of ether oxygens (including phenoxy) is 1. The minimum absolute atomic E-state index is 0.0264. The Morgan fingerprint density at radius 1 is 1.17 bits per heavy atom. The molecule has 0 aliphatic carbocycles. The van der Waals surface area contributed by atoms with Crippen LogP contribution in [-0.4, -0.2) is 61.3 Å². The van der Waals surface area contributed by atoms with Gasteiger partial charge in [0, 0.05) is 39.0 Å². The lowest BCUT2D eigenvalue weighted by Crippen LogP contribution is -2.45. The molecule has 1 N–H and O–H groups in total. The molecule has 3 rings (SSSR count). The zero-order valence-corrected chi connectivity index (χ0v) is 18.2. The van der Waals surface area contributed by atoms with Crippen LogP contribution in [0.4, 0.5) is 0 Å². The first-order valence-corrected chi connectivity index (χ1v) is 10.9. The zero-order chi connectivity index (χ0) is 21.7. The van der Waals surface area contributed by atoms with Gasteiger partial charge in [0.1, 0.15) is 5.75 Å². The molecule has 0 aromatic heterocycles. The number of piperidine rings is 1. The van der Waals surface area contributed by atoms with Crippen molar-refractivity contribution < 1.29 is 19.1 Å². The minimum Gasteiger partial charge on any atom is -0.497 e. The van der Waals surface area contributed by atoms with Crippen molar-refractivity contribution in [1.29, 1.82) is 0 Å². The fourth-order valence-corrected chi connectivity index (χ4v) is 4.62. The summed E-state index contributed by atoms with van der Waals surface area (Å²) in [5, 5.41) is 2.70. The van der Waals surface area contributed by atoms with Crippen molar-refractivity contribution in [2.24, 2.45) is 11.8 Å². The van der Waals surface area contributed by atoms with E-state index in [1.807, 2.05) is 34.1 Å². The monoisotopic (exact) mass is 415 g/mol. The minimum atomic E-state index is -0.390. The number of hydrogen-bond acceptors (Lipinski definition) is 4. The van der Waals surface area contributed by atoms with Crippen LogP contribution in [0, 0.1) is 11.8 Å². The molecule has 2 unspecified atom stereocenters. The number of likely N-dealkylation sites (tertiary alicyclic amines) is 2. The Morgan fingerprint density at radius 2 is 1.83 bits per heavy atom. The number of methoxy groups -OCH3 is 1. The van der Waals surface area contributed by atoms with Crippen molar-refractivity contribution >= 4 is 17.7 Å². The highest BCUT2D eigenvalue weighted by Gasteiger charge is 2.46. The predicted octanol–water partition coefficient (Wildman–Crippen LogP) is 2.37. The van der Waals surface area contributed by atoms with Crippen LogP contribution in [0.3, 0.4) is 0 Å². The van der Waals surface area contributed by atoms with E-state index in [9.17, 15) is 14.4 Å². The Balaban J connectivity index is 1.79. The Morgan fingerprint density at radius 3 is 2.40 bits per heavy atom. The van der Waals surface area contributed by atoms with Crippen molar-refractivity contribution in [2.45, 2.75) is 45.1 Å². The van der Waals surface area contributed by atoms with Gasteiger partial charge in [-0.15, -0.1) is 0 Å². The molecule has 2 atom stereocenters. The van der Waals surface area contributed by atoms with Gasteiger partial charge in [-0.25, -0.2) is 0 Å². The molecule has 3 amide bonds. The lowest BCUT2D eigenvalue weighted by molar-refractivity contribution is -0.139. The van der Waals surface area contributed by atoms with Gasteiger partial charge >= 0.3 is 0 Å². The molecule has 1 aromatic carbocycles. The number of nitrogens with one attached hydrogen (secondary N) is 1. The second kappa shape index (κ2) is 9.96. The molecular formula is C23H33N3O4. The van der Waals surface area contributed by atoms with Crippen LogP contribution >= 0.6 is 0 Å². The van der Waals surface area contributed by atoms with Crippen LogP contribution in [0.5, 0.6) is 5.75 Å². The summed E-state index contributed by atoms with van der Waals surface area (Å²) in [4.78, 5) is 41.9. The van der Waals surface area contributed by atoms with Gasteiger partial charge in [-0.3, -0.25) is 14.4 Å². The molecule has 2 heterocycles. The second-order valence-corrected chi connectivity index (χ2v) is 8.18. The summed E-state index contributed by atoms with van der Waals surface area (Å²) in [6.45, 7) is 3.88. The average Bonchev–Trinajstić information content (AvgIpc) is 3.12. The number of carbonyl (C=O) groups is 3. The van der Waals surface area contributed by atoms with Crippen LogP contribution in [0.25, 0.3) is 0 Å². The SMILES string of the molecule is CCCCN1C(=O)CC(C(=O)N2CCC(C(=O)NC)CC2)C1c1ccc(OC)cc1. The molecule has 7 heteroatoms. The number of nitrogens with zero attached hydrogens (tertiary/aromatic N) is 2. The molecule has 2 aliphatic rings. The first-order valence-electron chi connectivity index (χ1n) is 10.9. The number of benzene rings is 1. The van der Waals surface area contributed by atoms with E-state index >= 15 is 0 Å². The molecule has 1 aromatic rings. The van der Waals surface area contributed by atoms with E-state index in [0.717, 1.165) is 24.2 Å². The Labute approximate surface area is 178 Å². The predicted molar refractivity (Wildman–Crippen MR) is 114 cm³/mol. The first-order chi connectivity index (χ1) is 14.5. The fraction of sp³-hybridized carbons (Fsp3) is 0.609. The standard InChI is InChI=1S/C23H33N3O4/c1-4-5-12-26-20(27)15-19(21(26)16-6-8-18(30-3)9-7-16)23(29)25-13-10-17(11-14-25)22(28)24-2/h6-9,17,19,21H,4-5,10-15H2,1-3H3,(H,24,28). The molecule has 164 valence electrons. The summed E-state index contributed by atoms with van der Waals surface area (Å²) in [6, 6.07) is 7.43. The van der Waals surface area contributed by atoms with Gasteiger partial charge < -0.3 is 19.9 Å². The second-order valence-electron chi connectivity index (χ2n) is 8.18. The summed E-state index contributed by atoms with van der Waals surface area (Å²) in [5.74, 6) is 0.436. The maximum Gasteiger partial charge on any atom is 0.228 e. The Hall–Kier alpha value is -2.57. The van der Waals surface area contributed by atoms with E-state index in [1.54, 1.807) is 14.2 Å². The van der Waals surface area contributed by atoms with E-state index in [0.29, 0.717) is 32.5 Å². The van der Waals surface area contributed by atoms with Crippen LogP contribution < -0.4 is 10.1 Å². The van der Waals surface area contributed by atoms with Crippen molar-refractivity contribution in [3.63, 3.8) is 0 Å². The highest BCUT2D eigenvalue weighted by molar-refractivity contribution is 5.90. The average molecular weight is 416 g/mol. The maximum atomic E-state index is 13.4. The molecule has 7 nitrogen and oxygen atoms in total. The molecule has 2 aliphatic heterocycles.